The van der Waals surface area contributed by atoms with Crippen LogP contribution in [0.1, 0.15) is 42.7 Å². The molecule has 1 atom stereocenters. The zero-order valence-electron chi connectivity index (χ0n) is 16.2. The molecule has 0 saturated heterocycles. The molecule has 2 aromatic carbocycles. The molecule has 3 rings (SSSR count). The van der Waals surface area contributed by atoms with Gasteiger partial charge in [0.15, 0.2) is 0 Å². The van der Waals surface area contributed by atoms with Gasteiger partial charge in [-0.2, -0.15) is 0 Å². The van der Waals surface area contributed by atoms with E-state index in [4.69, 9.17) is 10.5 Å². The maximum Gasteiger partial charge on any atom is 0.407 e. The Morgan fingerprint density at radius 3 is 2.14 bits per heavy atom. The number of alkyl carbamates (subject to hydrolysis) is 1. The fourth-order valence-corrected chi connectivity index (χ4v) is 3.71. The largest absolute Gasteiger partial charge is 0.480 e. The van der Waals surface area contributed by atoms with Crippen LogP contribution in [0.25, 0.3) is 11.1 Å². The van der Waals surface area contributed by atoms with Crippen molar-refractivity contribution in [3.05, 3.63) is 59.7 Å². The van der Waals surface area contributed by atoms with Crippen LogP contribution < -0.4 is 11.1 Å². The monoisotopic (exact) mass is 418 g/mol. The van der Waals surface area contributed by atoms with Crippen molar-refractivity contribution in [2.24, 2.45) is 5.73 Å². The summed E-state index contributed by atoms with van der Waals surface area (Å²) < 4.78 is 5.41. The molecule has 0 bridgehead atoms. The smallest absolute Gasteiger partial charge is 0.407 e. The Morgan fingerprint density at radius 1 is 1.00 bits per heavy atom. The summed E-state index contributed by atoms with van der Waals surface area (Å²) in [6.07, 6.45) is 2.04. The first-order chi connectivity index (χ1) is 13.6. The Hall–Kier alpha value is -2.57. The molecular formula is C22H27ClN2O4. The molecular weight excluding hydrogens is 392 g/mol. The van der Waals surface area contributed by atoms with E-state index >= 15 is 0 Å². The molecule has 1 amide bonds. The van der Waals surface area contributed by atoms with E-state index in [1.807, 2.05) is 36.4 Å². The Morgan fingerprint density at radius 2 is 1.59 bits per heavy atom. The lowest BCUT2D eigenvalue weighted by Crippen LogP contribution is -2.41. The molecule has 0 aliphatic heterocycles. The summed E-state index contributed by atoms with van der Waals surface area (Å²) in [4.78, 5) is 23.6. The minimum Gasteiger partial charge on any atom is -0.480 e. The van der Waals surface area contributed by atoms with E-state index < -0.39 is 18.1 Å². The molecule has 6 nitrogen and oxygen atoms in total. The average Bonchev–Trinajstić information content (AvgIpc) is 3.02. The van der Waals surface area contributed by atoms with Crippen LogP contribution in [0.5, 0.6) is 0 Å². The summed E-state index contributed by atoms with van der Waals surface area (Å²) in [5, 5.41) is 11.8. The fourth-order valence-electron chi connectivity index (χ4n) is 3.71. The van der Waals surface area contributed by atoms with Gasteiger partial charge >= 0.3 is 12.1 Å². The number of nitrogens with one attached hydrogen (secondary N) is 1. The van der Waals surface area contributed by atoms with Crippen molar-refractivity contribution in [3.8, 4) is 11.1 Å². The van der Waals surface area contributed by atoms with E-state index in [2.05, 4.69) is 17.4 Å². The Balaban J connectivity index is 0.00000300. The predicted octanol–water partition coefficient (Wildman–Crippen LogP) is 3.92. The van der Waals surface area contributed by atoms with Gasteiger partial charge in [0.25, 0.3) is 0 Å². The first-order valence-electron chi connectivity index (χ1n) is 9.66. The number of carbonyl (C=O) groups excluding carboxylic acids is 1. The van der Waals surface area contributed by atoms with E-state index in [-0.39, 0.29) is 24.9 Å². The number of carboxylic acid groups (broad SMARTS) is 1. The van der Waals surface area contributed by atoms with E-state index in [1.165, 1.54) is 0 Å². The number of nitrogens with two attached hydrogens (primary N) is 1. The van der Waals surface area contributed by atoms with Gasteiger partial charge in [-0.3, -0.25) is 0 Å². The summed E-state index contributed by atoms with van der Waals surface area (Å²) in [6, 6.07) is 15.2. The molecule has 156 valence electrons. The number of unbranched alkanes of at least 4 members (excludes halogenated alkanes) is 2. The molecule has 1 aliphatic rings. The molecule has 1 aliphatic carbocycles. The van der Waals surface area contributed by atoms with Crippen LogP contribution in [-0.4, -0.2) is 36.4 Å². The van der Waals surface area contributed by atoms with Crippen molar-refractivity contribution in [2.75, 3.05) is 13.2 Å². The van der Waals surface area contributed by atoms with E-state index in [0.29, 0.717) is 19.4 Å². The lowest BCUT2D eigenvalue weighted by atomic mass is 9.98. The van der Waals surface area contributed by atoms with Gasteiger partial charge in [-0.15, -0.1) is 12.4 Å². The third-order valence-electron chi connectivity index (χ3n) is 5.13. The molecule has 2 aromatic rings. The number of carbonyl (C=O) groups is 2. The number of hydrogen-bond acceptors (Lipinski definition) is 4. The van der Waals surface area contributed by atoms with Crippen molar-refractivity contribution in [1.82, 2.24) is 5.32 Å². The number of fused-ring (bicyclic) bond motifs is 3. The second kappa shape index (κ2) is 10.8. The van der Waals surface area contributed by atoms with E-state index in [9.17, 15) is 14.7 Å². The molecule has 4 N–H and O–H groups in total. The highest BCUT2D eigenvalue weighted by molar-refractivity contribution is 5.85. The quantitative estimate of drug-likeness (QED) is 0.536. The number of amides is 1. The van der Waals surface area contributed by atoms with Gasteiger partial charge in [-0.1, -0.05) is 61.4 Å². The van der Waals surface area contributed by atoms with Crippen LogP contribution in [0, 0.1) is 0 Å². The Kier molecular flexibility index (Phi) is 8.49. The number of aliphatic carboxylic acids is 1. The molecule has 29 heavy (non-hydrogen) atoms. The summed E-state index contributed by atoms with van der Waals surface area (Å²) in [6.45, 7) is 0.747. The fraction of sp³-hybridized carbons (Fsp3) is 0.364. The van der Waals surface area contributed by atoms with Crippen molar-refractivity contribution in [2.45, 2.75) is 37.6 Å². The van der Waals surface area contributed by atoms with Gasteiger partial charge in [0.2, 0.25) is 0 Å². The first-order valence-corrected chi connectivity index (χ1v) is 9.66. The zero-order valence-corrected chi connectivity index (χ0v) is 17.0. The minimum absolute atomic E-state index is 0. The molecule has 0 radical (unpaired) electrons. The average molecular weight is 419 g/mol. The number of benzene rings is 2. The van der Waals surface area contributed by atoms with Crippen molar-refractivity contribution < 1.29 is 19.4 Å². The minimum atomic E-state index is -1.05. The van der Waals surface area contributed by atoms with Gasteiger partial charge in [-0.05, 0) is 41.6 Å². The van der Waals surface area contributed by atoms with Crippen molar-refractivity contribution in [3.63, 3.8) is 0 Å². The standard InChI is InChI=1S/C22H26N2O4.ClH/c23-13-7-1-2-12-20(21(25)26)24-22(27)28-14-19-17-10-5-3-8-15(17)16-9-4-6-11-18(16)19;/h3-6,8-11,19-20H,1-2,7,12-14,23H2,(H,24,27)(H,25,26);1H. The summed E-state index contributed by atoms with van der Waals surface area (Å²) in [5.41, 5.74) is 9.98. The van der Waals surface area contributed by atoms with Crippen LogP contribution in [0.3, 0.4) is 0 Å². The van der Waals surface area contributed by atoms with Gasteiger partial charge in [0.05, 0.1) is 0 Å². The summed E-state index contributed by atoms with van der Waals surface area (Å²) in [5.74, 6) is -1.10. The lowest BCUT2D eigenvalue weighted by Gasteiger charge is -2.17. The van der Waals surface area contributed by atoms with E-state index in [1.54, 1.807) is 0 Å². The Labute approximate surface area is 176 Å². The predicted molar refractivity (Wildman–Crippen MR) is 114 cm³/mol. The SMILES string of the molecule is Cl.NCCCCCC(NC(=O)OCC1c2ccccc2-c2ccccc21)C(=O)O. The number of rotatable bonds is 9. The second-order valence-electron chi connectivity index (χ2n) is 7.00. The lowest BCUT2D eigenvalue weighted by molar-refractivity contribution is -0.139. The van der Waals surface area contributed by atoms with Crippen molar-refractivity contribution >= 4 is 24.5 Å². The molecule has 0 heterocycles. The van der Waals surface area contributed by atoms with Crippen LogP contribution >= 0.6 is 12.4 Å². The summed E-state index contributed by atoms with van der Waals surface area (Å²) in [7, 11) is 0. The molecule has 0 fully saturated rings. The van der Waals surface area contributed by atoms with Gasteiger partial charge in [0.1, 0.15) is 12.6 Å². The number of carboxylic acids is 1. The maximum atomic E-state index is 12.2. The number of halogens is 1. The van der Waals surface area contributed by atoms with E-state index in [0.717, 1.165) is 35.1 Å². The molecule has 0 saturated carbocycles. The molecule has 0 spiro atoms. The van der Waals surface area contributed by atoms with Crippen LogP contribution in [-0.2, 0) is 9.53 Å². The summed E-state index contributed by atoms with van der Waals surface area (Å²) >= 11 is 0. The third-order valence-corrected chi connectivity index (χ3v) is 5.13. The number of hydrogen-bond donors (Lipinski definition) is 3. The topological polar surface area (TPSA) is 102 Å². The first kappa shape index (κ1) is 22.7. The molecule has 7 heteroatoms. The Bertz CT molecular complexity index is 798. The second-order valence-corrected chi connectivity index (χ2v) is 7.00. The van der Waals surface area contributed by atoms with Gasteiger partial charge in [0, 0.05) is 5.92 Å². The molecule has 1 unspecified atom stereocenters. The number of ether oxygens (including phenoxy) is 1. The highest BCUT2D eigenvalue weighted by atomic mass is 35.5. The maximum absolute atomic E-state index is 12.2. The van der Waals surface area contributed by atoms with Crippen LogP contribution in [0.2, 0.25) is 0 Å². The normalized spacial score (nSPS) is 13.0. The van der Waals surface area contributed by atoms with Crippen LogP contribution in [0.15, 0.2) is 48.5 Å². The van der Waals surface area contributed by atoms with Crippen molar-refractivity contribution in [1.29, 1.82) is 0 Å². The van der Waals surface area contributed by atoms with Gasteiger partial charge in [-0.25, -0.2) is 9.59 Å². The zero-order chi connectivity index (χ0) is 19.9. The van der Waals surface area contributed by atoms with Crippen LogP contribution in [0.4, 0.5) is 4.79 Å². The highest BCUT2D eigenvalue weighted by Crippen LogP contribution is 2.44. The molecule has 0 aromatic heterocycles. The third kappa shape index (κ3) is 5.49. The highest BCUT2D eigenvalue weighted by Gasteiger charge is 2.29. The van der Waals surface area contributed by atoms with Gasteiger partial charge < -0.3 is 20.9 Å².